The maximum absolute atomic E-state index is 11.9. The number of nitrogens with zero attached hydrogens (tertiary/aromatic N) is 3. The summed E-state index contributed by atoms with van der Waals surface area (Å²) in [5.74, 6) is -0.193. The molecule has 9 nitrogen and oxygen atoms in total. The molecule has 1 aromatic carbocycles. The molecule has 1 spiro atoms. The van der Waals surface area contributed by atoms with Gasteiger partial charge in [0.1, 0.15) is 22.3 Å². The zero-order valence-corrected chi connectivity index (χ0v) is 18.9. The molecule has 2 aliphatic rings. The van der Waals surface area contributed by atoms with E-state index in [1.165, 1.54) is 11.8 Å². The van der Waals surface area contributed by atoms with Crippen LogP contribution in [0, 0.1) is 0 Å². The fraction of sp³-hybridized carbons (Fsp3) is 0.450. The third kappa shape index (κ3) is 4.52. The van der Waals surface area contributed by atoms with Crippen LogP contribution < -0.4 is 20.7 Å². The molecular formula is C20H24ClN5O4S. The van der Waals surface area contributed by atoms with Crippen LogP contribution in [0.25, 0.3) is 0 Å². The third-order valence-electron chi connectivity index (χ3n) is 5.40. The number of nitrogens with two attached hydrogens (primary N) is 1. The van der Waals surface area contributed by atoms with Crippen molar-refractivity contribution in [3.05, 3.63) is 28.9 Å². The number of carbonyl (C=O) groups is 1. The van der Waals surface area contributed by atoms with Crippen LogP contribution in [0.4, 0.5) is 17.2 Å². The maximum atomic E-state index is 11.9. The number of benzene rings is 1. The predicted octanol–water partition coefficient (Wildman–Crippen LogP) is 3.05. The summed E-state index contributed by atoms with van der Waals surface area (Å²) in [5, 5.41) is 3.57. The van der Waals surface area contributed by atoms with E-state index >= 15 is 0 Å². The van der Waals surface area contributed by atoms with Crippen molar-refractivity contribution in [3.63, 3.8) is 0 Å². The first-order valence-electron chi connectivity index (χ1n) is 9.84. The number of piperidine rings is 1. The summed E-state index contributed by atoms with van der Waals surface area (Å²) in [4.78, 5) is 22.6. The lowest BCUT2D eigenvalue weighted by Crippen LogP contribution is -2.45. The molecule has 2 aromatic rings. The van der Waals surface area contributed by atoms with Crippen molar-refractivity contribution >= 4 is 46.5 Å². The SMILES string of the molecule is COc1cc(Nc2nc(SC)nc(Cl)c2C(N)=O)ccc1N1CCC2(CC1)OCCO2. The van der Waals surface area contributed by atoms with Crippen molar-refractivity contribution < 1.29 is 19.0 Å². The van der Waals surface area contributed by atoms with Gasteiger partial charge in [-0.2, -0.15) is 0 Å². The first kappa shape index (κ1) is 21.9. The number of methoxy groups -OCH3 is 1. The van der Waals surface area contributed by atoms with Crippen molar-refractivity contribution in [1.82, 2.24) is 9.97 Å². The van der Waals surface area contributed by atoms with Gasteiger partial charge >= 0.3 is 0 Å². The Hall–Kier alpha value is -2.27. The zero-order chi connectivity index (χ0) is 22.0. The van der Waals surface area contributed by atoms with Gasteiger partial charge in [0.25, 0.3) is 5.91 Å². The molecule has 11 heteroatoms. The molecule has 2 aliphatic heterocycles. The predicted molar refractivity (Wildman–Crippen MR) is 120 cm³/mol. The van der Waals surface area contributed by atoms with Gasteiger partial charge in [-0.25, -0.2) is 9.97 Å². The lowest BCUT2D eigenvalue weighted by Gasteiger charge is -2.39. The van der Waals surface area contributed by atoms with Gasteiger partial charge < -0.3 is 30.2 Å². The van der Waals surface area contributed by atoms with E-state index in [1.54, 1.807) is 7.11 Å². The summed E-state index contributed by atoms with van der Waals surface area (Å²) in [7, 11) is 1.62. The second-order valence-electron chi connectivity index (χ2n) is 7.20. The summed E-state index contributed by atoms with van der Waals surface area (Å²) in [6.45, 7) is 2.91. The Bertz CT molecular complexity index is 976. The van der Waals surface area contributed by atoms with Crippen molar-refractivity contribution in [2.24, 2.45) is 5.73 Å². The molecule has 3 N–H and O–H groups in total. The molecule has 4 rings (SSSR count). The van der Waals surface area contributed by atoms with Crippen molar-refractivity contribution in [2.75, 3.05) is 49.9 Å². The summed E-state index contributed by atoms with van der Waals surface area (Å²) in [6.07, 6.45) is 3.42. The van der Waals surface area contributed by atoms with Crippen LogP contribution in [0.15, 0.2) is 23.4 Å². The van der Waals surface area contributed by atoms with Crippen LogP contribution in [0.1, 0.15) is 23.2 Å². The number of hydrogen-bond acceptors (Lipinski definition) is 9. The molecule has 0 aliphatic carbocycles. The summed E-state index contributed by atoms with van der Waals surface area (Å²) >= 11 is 7.47. The minimum absolute atomic E-state index is 0.0107. The van der Waals surface area contributed by atoms with Crippen molar-refractivity contribution in [3.8, 4) is 5.75 Å². The Morgan fingerprint density at radius 1 is 1.29 bits per heavy atom. The zero-order valence-electron chi connectivity index (χ0n) is 17.3. The highest BCUT2D eigenvalue weighted by Gasteiger charge is 2.40. The monoisotopic (exact) mass is 465 g/mol. The molecule has 166 valence electrons. The topological polar surface area (TPSA) is 112 Å². The van der Waals surface area contributed by atoms with Crippen molar-refractivity contribution in [1.29, 1.82) is 0 Å². The van der Waals surface area contributed by atoms with E-state index in [1.807, 2.05) is 24.5 Å². The van der Waals surface area contributed by atoms with Crippen LogP contribution >= 0.6 is 23.4 Å². The van der Waals surface area contributed by atoms with Gasteiger partial charge in [0.2, 0.25) is 0 Å². The Balaban J connectivity index is 1.57. The fourth-order valence-corrected chi connectivity index (χ4v) is 4.52. The standard InChI is InChI=1S/C20H24ClN5O4S/c1-28-14-11-12(23-18-15(17(22)27)16(21)24-19(25-18)31-2)3-4-13(14)26-7-5-20(6-8-26)29-9-10-30-20/h3-4,11H,5-10H2,1-2H3,(H2,22,27)(H,23,24,25). The van der Waals surface area contributed by atoms with E-state index in [0.717, 1.165) is 31.6 Å². The maximum Gasteiger partial charge on any atom is 0.255 e. The van der Waals surface area contributed by atoms with E-state index in [4.69, 9.17) is 31.5 Å². The molecule has 0 atom stereocenters. The largest absolute Gasteiger partial charge is 0.495 e. The molecule has 0 bridgehead atoms. The fourth-order valence-electron chi connectivity index (χ4n) is 3.84. The number of halogens is 1. The highest BCUT2D eigenvalue weighted by molar-refractivity contribution is 7.98. The Labute approximate surface area is 189 Å². The summed E-state index contributed by atoms with van der Waals surface area (Å²) < 4.78 is 17.3. The van der Waals surface area contributed by atoms with Gasteiger partial charge in [0.15, 0.2) is 10.9 Å². The summed E-state index contributed by atoms with van der Waals surface area (Å²) in [6, 6.07) is 5.71. The van der Waals surface area contributed by atoms with Crippen molar-refractivity contribution in [2.45, 2.75) is 23.8 Å². The van der Waals surface area contributed by atoms with E-state index in [-0.39, 0.29) is 16.5 Å². The van der Waals surface area contributed by atoms with Gasteiger partial charge in [0, 0.05) is 37.7 Å². The van der Waals surface area contributed by atoms with Crippen LogP contribution in [0.2, 0.25) is 5.15 Å². The number of rotatable bonds is 6. The minimum Gasteiger partial charge on any atom is -0.495 e. The van der Waals surface area contributed by atoms with E-state index < -0.39 is 11.7 Å². The average molecular weight is 466 g/mol. The van der Waals surface area contributed by atoms with Crippen LogP contribution in [-0.2, 0) is 9.47 Å². The van der Waals surface area contributed by atoms with E-state index in [9.17, 15) is 4.79 Å². The average Bonchev–Trinajstić information content (AvgIpc) is 3.21. The lowest BCUT2D eigenvalue weighted by molar-refractivity contribution is -0.169. The number of anilines is 3. The second-order valence-corrected chi connectivity index (χ2v) is 8.33. The molecule has 2 saturated heterocycles. The smallest absolute Gasteiger partial charge is 0.255 e. The molecule has 2 fully saturated rings. The molecule has 0 saturated carbocycles. The highest BCUT2D eigenvalue weighted by atomic mass is 35.5. The number of primary amides is 1. The van der Waals surface area contributed by atoms with Gasteiger partial charge in [-0.05, 0) is 18.4 Å². The van der Waals surface area contributed by atoms with Gasteiger partial charge in [-0.15, -0.1) is 0 Å². The lowest BCUT2D eigenvalue weighted by atomic mass is 10.0. The van der Waals surface area contributed by atoms with Gasteiger partial charge in [-0.1, -0.05) is 23.4 Å². The van der Waals surface area contributed by atoms with Crippen LogP contribution in [0.3, 0.4) is 0 Å². The number of thioether (sulfide) groups is 1. The number of aromatic nitrogens is 2. The number of hydrogen-bond donors (Lipinski definition) is 2. The number of amides is 1. The number of ether oxygens (including phenoxy) is 3. The Morgan fingerprint density at radius 3 is 2.61 bits per heavy atom. The molecule has 1 amide bonds. The highest BCUT2D eigenvalue weighted by Crippen LogP contribution is 2.38. The van der Waals surface area contributed by atoms with Gasteiger partial charge in [-0.3, -0.25) is 4.79 Å². The van der Waals surface area contributed by atoms with E-state index in [0.29, 0.717) is 29.8 Å². The minimum atomic E-state index is -0.706. The molecule has 1 aromatic heterocycles. The second kappa shape index (κ2) is 9.07. The van der Waals surface area contributed by atoms with Crippen LogP contribution in [0.5, 0.6) is 5.75 Å². The number of carbonyl (C=O) groups excluding carboxylic acids is 1. The third-order valence-corrected chi connectivity index (χ3v) is 6.22. The van der Waals surface area contributed by atoms with Gasteiger partial charge in [0.05, 0.1) is 26.0 Å². The first-order chi connectivity index (χ1) is 14.9. The normalized spacial score (nSPS) is 17.7. The quantitative estimate of drug-likeness (QED) is 0.377. The van der Waals surface area contributed by atoms with Crippen LogP contribution in [-0.4, -0.2) is 61.3 Å². The summed E-state index contributed by atoms with van der Waals surface area (Å²) in [5.41, 5.74) is 7.18. The molecule has 31 heavy (non-hydrogen) atoms. The molecule has 0 radical (unpaired) electrons. The Kier molecular flexibility index (Phi) is 6.42. The molecule has 3 heterocycles. The molecular weight excluding hydrogens is 442 g/mol. The number of nitrogens with one attached hydrogen (secondary N) is 1. The molecule has 0 unspecified atom stereocenters. The first-order valence-corrected chi connectivity index (χ1v) is 11.4. The van der Waals surface area contributed by atoms with E-state index in [2.05, 4.69) is 20.2 Å². The Morgan fingerprint density at radius 2 is 2.00 bits per heavy atom.